The first-order valence-corrected chi connectivity index (χ1v) is 6.07. The van der Waals surface area contributed by atoms with Crippen molar-refractivity contribution in [2.75, 3.05) is 12.4 Å². The van der Waals surface area contributed by atoms with Crippen molar-refractivity contribution in [1.29, 1.82) is 0 Å². The minimum absolute atomic E-state index is 0.0319. The van der Waals surface area contributed by atoms with Crippen LogP contribution in [0.1, 0.15) is 24.1 Å². The summed E-state index contributed by atoms with van der Waals surface area (Å²) < 4.78 is 5.07. The average molecular weight is 259 g/mol. The van der Waals surface area contributed by atoms with E-state index in [1.165, 1.54) is 19.0 Å². The van der Waals surface area contributed by atoms with Crippen molar-refractivity contribution in [3.63, 3.8) is 0 Å². The number of aromatic amines is 1. The first-order chi connectivity index (χ1) is 9.13. The number of benzene rings is 1. The van der Waals surface area contributed by atoms with E-state index >= 15 is 0 Å². The highest BCUT2D eigenvalue weighted by Gasteiger charge is 2.13. The first kappa shape index (κ1) is 13.1. The lowest BCUT2D eigenvalue weighted by molar-refractivity contribution is 0.407. The largest absolute Gasteiger partial charge is 0.489 e. The van der Waals surface area contributed by atoms with Gasteiger partial charge in [-0.05, 0) is 25.0 Å². The maximum absolute atomic E-state index is 11.6. The zero-order valence-corrected chi connectivity index (χ0v) is 11.2. The van der Waals surface area contributed by atoms with E-state index in [0.29, 0.717) is 5.82 Å². The molecule has 5 heteroatoms. The number of aromatic nitrogens is 2. The lowest BCUT2D eigenvalue weighted by Gasteiger charge is -2.18. The predicted molar refractivity (Wildman–Crippen MR) is 74.6 cm³/mol. The fourth-order valence-corrected chi connectivity index (χ4v) is 2.03. The number of ether oxygens (including phenoxy) is 1. The van der Waals surface area contributed by atoms with Crippen LogP contribution >= 0.6 is 0 Å². The molecule has 0 saturated heterocycles. The summed E-state index contributed by atoms with van der Waals surface area (Å²) in [6.45, 7) is 4.07. The van der Waals surface area contributed by atoms with Gasteiger partial charge in [-0.3, -0.25) is 4.79 Å². The van der Waals surface area contributed by atoms with Gasteiger partial charge in [-0.2, -0.15) is 0 Å². The minimum atomic E-state index is -0.294. The molecule has 0 saturated carbocycles. The monoisotopic (exact) mass is 259 g/mol. The van der Waals surface area contributed by atoms with Crippen molar-refractivity contribution < 1.29 is 4.74 Å². The van der Waals surface area contributed by atoms with Crippen LogP contribution in [0.4, 0.5) is 5.82 Å². The normalized spacial score (nSPS) is 11.9. The van der Waals surface area contributed by atoms with Crippen LogP contribution in [0.15, 0.2) is 35.4 Å². The van der Waals surface area contributed by atoms with Crippen molar-refractivity contribution in [2.45, 2.75) is 19.9 Å². The fraction of sp³-hybridized carbons (Fsp3) is 0.286. The maximum Gasteiger partial charge on any atom is 0.295 e. The first-order valence-electron chi connectivity index (χ1n) is 6.07. The standard InChI is InChI=1S/C14H17N3O2/c1-9-6-4-5-7-11(9)10(2)17-13-12(19-3)14(18)16-8-15-13/h4-8,10H,1-3H3,(H2,15,16,17,18). The van der Waals surface area contributed by atoms with Gasteiger partial charge in [-0.25, -0.2) is 4.98 Å². The Morgan fingerprint density at radius 3 is 2.79 bits per heavy atom. The number of nitrogens with zero attached hydrogens (tertiary/aromatic N) is 1. The van der Waals surface area contributed by atoms with E-state index in [-0.39, 0.29) is 17.4 Å². The molecule has 2 aromatic rings. The summed E-state index contributed by atoms with van der Waals surface area (Å²) in [6, 6.07) is 8.12. The second-order valence-electron chi connectivity index (χ2n) is 4.34. The lowest BCUT2D eigenvalue weighted by atomic mass is 10.0. The molecule has 2 N–H and O–H groups in total. The molecule has 1 aromatic heterocycles. The molecule has 0 fully saturated rings. The molecule has 100 valence electrons. The zero-order valence-electron chi connectivity index (χ0n) is 11.2. The number of hydrogen-bond acceptors (Lipinski definition) is 4. The smallest absolute Gasteiger partial charge is 0.295 e. The molecule has 1 aromatic carbocycles. The van der Waals surface area contributed by atoms with Gasteiger partial charge in [-0.1, -0.05) is 24.3 Å². The Hall–Kier alpha value is -2.30. The summed E-state index contributed by atoms with van der Waals surface area (Å²) in [6.07, 6.45) is 1.36. The number of anilines is 1. The molecule has 0 aliphatic heterocycles. The zero-order chi connectivity index (χ0) is 13.8. The van der Waals surface area contributed by atoms with Crippen LogP contribution in [0.5, 0.6) is 5.75 Å². The van der Waals surface area contributed by atoms with Gasteiger partial charge >= 0.3 is 0 Å². The summed E-state index contributed by atoms with van der Waals surface area (Å²) in [5.74, 6) is 0.643. The summed E-state index contributed by atoms with van der Waals surface area (Å²) in [4.78, 5) is 18.2. The summed E-state index contributed by atoms with van der Waals surface area (Å²) in [7, 11) is 1.45. The van der Waals surface area contributed by atoms with Crippen LogP contribution in [0.25, 0.3) is 0 Å². The predicted octanol–water partition coefficient (Wildman–Crippen LogP) is 2.26. The molecule has 0 bridgehead atoms. The van der Waals surface area contributed by atoms with Crippen molar-refractivity contribution in [3.8, 4) is 5.75 Å². The van der Waals surface area contributed by atoms with Crippen LogP contribution in [-0.2, 0) is 0 Å². The highest BCUT2D eigenvalue weighted by Crippen LogP contribution is 2.24. The van der Waals surface area contributed by atoms with Crippen molar-refractivity contribution >= 4 is 5.82 Å². The Morgan fingerprint density at radius 1 is 1.37 bits per heavy atom. The number of hydrogen-bond donors (Lipinski definition) is 2. The van der Waals surface area contributed by atoms with Crippen LogP contribution in [-0.4, -0.2) is 17.1 Å². The Labute approximate surface area is 111 Å². The van der Waals surface area contributed by atoms with E-state index in [9.17, 15) is 4.79 Å². The molecule has 0 amide bonds. The molecule has 1 heterocycles. The molecule has 0 radical (unpaired) electrons. The minimum Gasteiger partial charge on any atom is -0.489 e. The average Bonchev–Trinajstić information content (AvgIpc) is 2.39. The van der Waals surface area contributed by atoms with Crippen LogP contribution in [0.2, 0.25) is 0 Å². The highest BCUT2D eigenvalue weighted by atomic mass is 16.5. The van der Waals surface area contributed by atoms with Crippen LogP contribution < -0.4 is 15.6 Å². The molecule has 5 nitrogen and oxygen atoms in total. The van der Waals surface area contributed by atoms with Gasteiger partial charge in [0.15, 0.2) is 5.82 Å². The second kappa shape index (κ2) is 5.56. The van der Waals surface area contributed by atoms with Gasteiger partial charge in [0, 0.05) is 0 Å². The molecule has 0 spiro atoms. The topological polar surface area (TPSA) is 67.0 Å². The number of rotatable bonds is 4. The van der Waals surface area contributed by atoms with Gasteiger partial charge in [0.2, 0.25) is 5.75 Å². The van der Waals surface area contributed by atoms with E-state index in [2.05, 4.69) is 28.3 Å². The van der Waals surface area contributed by atoms with Crippen molar-refractivity contribution in [1.82, 2.24) is 9.97 Å². The molecule has 1 atom stereocenters. The van der Waals surface area contributed by atoms with E-state index in [1.807, 2.05) is 25.1 Å². The summed E-state index contributed by atoms with van der Waals surface area (Å²) in [5.41, 5.74) is 2.05. The third kappa shape index (κ3) is 2.76. The molecule has 1 unspecified atom stereocenters. The number of nitrogens with one attached hydrogen (secondary N) is 2. The molecule has 0 aliphatic carbocycles. The number of methoxy groups -OCH3 is 1. The van der Waals surface area contributed by atoms with Crippen molar-refractivity contribution in [2.24, 2.45) is 0 Å². The maximum atomic E-state index is 11.6. The van der Waals surface area contributed by atoms with Gasteiger partial charge in [0.05, 0.1) is 19.5 Å². The molecular formula is C14H17N3O2. The number of H-pyrrole nitrogens is 1. The summed E-state index contributed by atoms with van der Waals surface area (Å²) >= 11 is 0. The molecule has 0 aliphatic rings. The molecular weight excluding hydrogens is 242 g/mol. The van der Waals surface area contributed by atoms with Crippen LogP contribution in [0, 0.1) is 6.92 Å². The Bertz CT molecular complexity index is 622. The van der Waals surface area contributed by atoms with Crippen LogP contribution in [0.3, 0.4) is 0 Å². The van der Waals surface area contributed by atoms with E-state index in [1.54, 1.807) is 0 Å². The number of aryl methyl sites for hydroxylation is 1. The van der Waals surface area contributed by atoms with Crippen molar-refractivity contribution in [3.05, 3.63) is 52.1 Å². The van der Waals surface area contributed by atoms with Gasteiger partial charge < -0.3 is 15.0 Å². The van der Waals surface area contributed by atoms with E-state index < -0.39 is 0 Å². The highest BCUT2D eigenvalue weighted by molar-refractivity contribution is 5.50. The van der Waals surface area contributed by atoms with Gasteiger partial charge in [-0.15, -0.1) is 0 Å². The quantitative estimate of drug-likeness (QED) is 0.883. The van der Waals surface area contributed by atoms with Gasteiger partial charge in [0.1, 0.15) is 0 Å². The third-order valence-electron chi connectivity index (χ3n) is 3.02. The lowest BCUT2D eigenvalue weighted by Crippen LogP contribution is -2.16. The molecule has 19 heavy (non-hydrogen) atoms. The van der Waals surface area contributed by atoms with E-state index in [0.717, 1.165) is 5.56 Å². The Balaban J connectivity index is 2.29. The molecule has 2 rings (SSSR count). The third-order valence-corrected chi connectivity index (χ3v) is 3.02. The fourth-order valence-electron chi connectivity index (χ4n) is 2.03. The Kier molecular flexibility index (Phi) is 3.85. The van der Waals surface area contributed by atoms with Gasteiger partial charge in [0.25, 0.3) is 5.56 Å². The summed E-state index contributed by atoms with van der Waals surface area (Å²) in [5, 5.41) is 3.20. The van der Waals surface area contributed by atoms with E-state index in [4.69, 9.17) is 4.74 Å². The Morgan fingerprint density at radius 2 is 2.11 bits per heavy atom. The SMILES string of the molecule is COc1c(NC(C)c2ccccc2C)nc[nH]c1=O. The second-order valence-corrected chi connectivity index (χ2v) is 4.34.